The lowest BCUT2D eigenvalue weighted by Crippen LogP contribution is -2.38. The number of rotatable bonds is 9. The summed E-state index contributed by atoms with van der Waals surface area (Å²) < 4.78 is 38.2. The average molecular weight is 479 g/mol. The Kier molecular flexibility index (Phi) is 8.13. The second kappa shape index (κ2) is 10.3. The third-order valence-corrected chi connectivity index (χ3v) is 5.76. The molecule has 0 radical (unpaired) electrons. The van der Waals surface area contributed by atoms with E-state index in [9.17, 15) is 32.7 Å². The molecule has 2 amide bonds. The van der Waals surface area contributed by atoms with Crippen molar-refractivity contribution in [2.45, 2.75) is 46.8 Å². The lowest BCUT2D eigenvalue weighted by atomic mass is 9.82. The third kappa shape index (κ3) is 6.59. The number of aryl methyl sites for hydroxylation is 2. The lowest BCUT2D eigenvalue weighted by molar-refractivity contribution is -0.147. The predicted molar refractivity (Wildman–Crippen MR) is 122 cm³/mol. The number of anilines is 1. The molecule has 184 valence electrons. The van der Waals surface area contributed by atoms with E-state index in [0.29, 0.717) is 24.1 Å². The number of halogens is 3. The van der Waals surface area contributed by atoms with Gasteiger partial charge in [-0.25, -0.2) is 0 Å². The molecule has 0 bridgehead atoms. The van der Waals surface area contributed by atoms with Crippen molar-refractivity contribution < 1.29 is 32.7 Å². The molecule has 1 N–H and O–H groups in total. The first-order chi connectivity index (χ1) is 15.7. The Morgan fingerprint density at radius 3 is 2.00 bits per heavy atom. The fourth-order valence-corrected chi connectivity index (χ4v) is 3.64. The molecule has 0 spiro atoms. The number of amides is 2. The summed E-state index contributed by atoms with van der Waals surface area (Å²) >= 11 is 0. The molecule has 0 atom stereocenters. The van der Waals surface area contributed by atoms with Crippen molar-refractivity contribution in [1.82, 2.24) is 4.90 Å². The van der Waals surface area contributed by atoms with E-state index >= 15 is 0 Å². The summed E-state index contributed by atoms with van der Waals surface area (Å²) in [5, 5.41) is 9.42. The molecular formula is C25H29F3N2O4. The van der Waals surface area contributed by atoms with Gasteiger partial charge in [-0.05, 0) is 80.6 Å². The number of hydrogen-bond acceptors (Lipinski definition) is 4. The van der Waals surface area contributed by atoms with Crippen LogP contribution in [0.25, 0.3) is 0 Å². The topological polar surface area (TPSA) is 77.9 Å². The molecule has 0 saturated carbocycles. The number of carboxylic acids is 1. The SMILES string of the molecule is Cc1cc(CN(C=O)C(=O)CN(C)c2ccc(C(F)(F)F)cc2)cc(C)c1CC(C)(C)C(=O)O. The molecule has 0 fully saturated rings. The van der Waals surface area contributed by atoms with Crippen LogP contribution < -0.4 is 4.90 Å². The number of carboxylic acid groups (broad SMARTS) is 1. The molecule has 0 unspecified atom stereocenters. The lowest BCUT2D eigenvalue weighted by Gasteiger charge is -2.24. The highest BCUT2D eigenvalue weighted by atomic mass is 19.4. The summed E-state index contributed by atoms with van der Waals surface area (Å²) in [7, 11) is 1.55. The predicted octanol–water partition coefficient (Wildman–Crippen LogP) is 4.60. The summed E-state index contributed by atoms with van der Waals surface area (Å²) in [5.74, 6) is -1.41. The number of imide groups is 1. The summed E-state index contributed by atoms with van der Waals surface area (Å²) in [6.07, 6.45) is -3.68. The average Bonchev–Trinajstić information content (AvgIpc) is 2.73. The molecule has 2 aromatic rings. The van der Waals surface area contributed by atoms with Gasteiger partial charge in [0.15, 0.2) is 0 Å². The second-order valence-electron chi connectivity index (χ2n) is 9.10. The van der Waals surface area contributed by atoms with E-state index in [4.69, 9.17) is 0 Å². The number of likely N-dealkylation sites (N-methyl/N-ethyl adjacent to an activating group) is 1. The van der Waals surface area contributed by atoms with Crippen molar-refractivity contribution in [2.75, 3.05) is 18.5 Å². The fraction of sp³-hybridized carbons (Fsp3) is 0.400. The smallest absolute Gasteiger partial charge is 0.416 e. The van der Waals surface area contributed by atoms with Gasteiger partial charge < -0.3 is 10.0 Å². The maximum Gasteiger partial charge on any atom is 0.416 e. The maximum atomic E-state index is 12.7. The van der Waals surface area contributed by atoms with Crippen LogP contribution >= 0.6 is 0 Å². The highest BCUT2D eigenvalue weighted by molar-refractivity contribution is 5.89. The van der Waals surface area contributed by atoms with Crippen LogP contribution in [0.3, 0.4) is 0 Å². The van der Waals surface area contributed by atoms with E-state index in [1.54, 1.807) is 20.9 Å². The van der Waals surface area contributed by atoms with E-state index in [2.05, 4.69) is 0 Å². The van der Waals surface area contributed by atoms with Crippen molar-refractivity contribution in [2.24, 2.45) is 5.41 Å². The van der Waals surface area contributed by atoms with Crippen molar-refractivity contribution in [3.63, 3.8) is 0 Å². The van der Waals surface area contributed by atoms with Gasteiger partial charge in [-0.2, -0.15) is 13.2 Å². The van der Waals surface area contributed by atoms with Crippen molar-refractivity contribution in [3.8, 4) is 0 Å². The summed E-state index contributed by atoms with van der Waals surface area (Å²) in [4.78, 5) is 38.3. The number of nitrogens with zero attached hydrogens (tertiary/aromatic N) is 2. The van der Waals surface area contributed by atoms with E-state index in [1.807, 2.05) is 26.0 Å². The molecule has 0 aliphatic heterocycles. The van der Waals surface area contributed by atoms with Crippen molar-refractivity contribution in [3.05, 3.63) is 64.2 Å². The van der Waals surface area contributed by atoms with Gasteiger partial charge in [-0.15, -0.1) is 0 Å². The van der Waals surface area contributed by atoms with Crippen molar-refractivity contribution >= 4 is 24.0 Å². The molecule has 0 aromatic heterocycles. The molecule has 0 aliphatic rings. The zero-order chi connectivity index (χ0) is 25.8. The number of carbonyl (C=O) groups is 3. The number of benzene rings is 2. The first-order valence-electron chi connectivity index (χ1n) is 10.6. The largest absolute Gasteiger partial charge is 0.481 e. The zero-order valence-corrected chi connectivity index (χ0v) is 19.9. The number of aliphatic carboxylic acids is 1. The molecule has 0 aliphatic carbocycles. The van der Waals surface area contributed by atoms with Crippen LogP contribution in [0.2, 0.25) is 0 Å². The third-order valence-electron chi connectivity index (χ3n) is 5.76. The maximum absolute atomic E-state index is 12.7. The Hall–Kier alpha value is -3.36. The molecule has 6 nitrogen and oxygen atoms in total. The van der Waals surface area contributed by atoms with Crippen LogP contribution in [0.15, 0.2) is 36.4 Å². The van der Waals surface area contributed by atoms with Gasteiger partial charge in [-0.1, -0.05) is 12.1 Å². The minimum absolute atomic E-state index is 0.0213. The van der Waals surface area contributed by atoms with Gasteiger partial charge in [-0.3, -0.25) is 19.3 Å². The van der Waals surface area contributed by atoms with Crippen LogP contribution in [-0.2, 0) is 33.5 Å². The minimum Gasteiger partial charge on any atom is -0.481 e. The standard InChI is InChI=1S/C25H29F3N2O4/c1-16-10-18(11-17(2)21(16)12-24(3,4)23(33)34)13-30(15-31)22(32)14-29(5)20-8-6-19(7-9-20)25(26,27)28/h6-11,15H,12-14H2,1-5H3,(H,33,34). The normalized spacial score (nSPS) is 11.8. The Morgan fingerprint density at radius 1 is 1.03 bits per heavy atom. The van der Waals surface area contributed by atoms with E-state index < -0.39 is 29.0 Å². The van der Waals surface area contributed by atoms with Gasteiger partial charge in [0.2, 0.25) is 12.3 Å². The molecule has 2 rings (SSSR count). The van der Waals surface area contributed by atoms with Gasteiger partial charge >= 0.3 is 12.1 Å². The summed E-state index contributed by atoms with van der Waals surface area (Å²) in [6, 6.07) is 8.06. The quantitative estimate of drug-likeness (QED) is 0.533. The molecule has 2 aromatic carbocycles. The molecule has 0 heterocycles. The van der Waals surface area contributed by atoms with Gasteiger partial charge in [0.25, 0.3) is 0 Å². The summed E-state index contributed by atoms with van der Waals surface area (Å²) in [5.41, 5.74) is 2.03. The second-order valence-corrected chi connectivity index (χ2v) is 9.10. The monoisotopic (exact) mass is 478 g/mol. The van der Waals surface area contributed by atoms with Crippen LogP contribution in [0.4, 0.5) is 18.9 Å². The van der Waals surface area contributed by atoms with E-state index in [0.717, 1.165) is 33.7 Å². The molecule has 34 heavy (non-hydrogen) atoms. The first kappa shape index (κ1) is 26.9. The number of alkyl halides is 3. The highest BCUT2D eigenvalue weighted by Gasteiger charge is 2.30. The summed E-state index contributed by atoms with van der Waals surface area (Å²) in [6.45, 7) is 6.84. The number of hydrogen-bond donors (Lipinski definition) is 1. The fourth-order valence-electron chi connectivity index (χ4n) is 3.64. The van der Waals surface area contributed by atoms with Gasteiger partial charge in [0.05, 0.1) is 24.1 Å². The van der Waals surface area contributed by atoms with E-state index in [-0.39, 0.29) is 13.1 Å². The van der Waals surface area contributed by atoms with Crippen LogP contribution in [0, 0.1) is 19.3 Å². The zero-order valence-electron chi connectivity index (χ0n) is 19.9. The van der Waals surface area contributed by atoms with Gasteiger partial charge in [0.1, 0.15) is 0 Å². The van der Waals surface area contributed by atoms with Crippen LogP contribution in [-0.4, -0.2) is 41.9 Å². The molecule has 0 saturated heterocycles. The number of carbonyl (C=O) groups excluding carboxylic acids is 2. The highest BCUT2D eigenvalue weighted by Crippen LogP contribution is 2.30. The molecule has 9 heteroatoms. The van der Waals surface area contributed by atoms with Crippen molar-refractivity contribution in [1.29, 1.82) is 0 Å². The van der Waals surface area contributed by atoms with Gasteiger partial charge in [0, 0.05) is 12.7 Å². The Balaban J connectivity index is 2.13. The van der Waals surface area contributed by atoms with E-state index in [1.165, 1.54) is 17.0 Å². The Labute approximate surface area is 197 Å². The van der Waals surface area contributed by atoms with Crippen LogP contribution in [0.5, 0.6) is 0 Å². The Morgan fingerprint density at radius 2 is 1.56 bits per heavy atom. The van der Waals surface area contributed by atoms with Crippen LogP contribution in [0.1, 0.15) is 41.7 Å². The molecular weight excluding hydrogens is 449 g/mol. The minimum atomic E-state index is -4.45. The Bertz CT molecular complexity index is 1040. The first-order valence-corrected chi connectivity index (χ1v) is 10.6.